The molecule has 0 aliphatic rings. The second-order valence-electron chi connectivity index (χ2n) is 4.01. The summed E-state index contributed by atoms with van der Waals surface area (Å²) in [4.78, 5) is 16.9. The lowest BCUT2D eigenvalue weighted by atomic mass is 10.2. The molecule has 1 aromatic heterocycles. The van der Waals surface area contributed by atoms with Gasteiger partial charge in [-0.05, 0) is 13.3 Å². The van der Waals surface area contributed by atoms with Gasteiger partial charge in [-0.15, -0.1) is 0 Å². The van der Waals surface area contributed by atoms with Crippen LogP contribution < -0.4 is 0 Å². The third kappa shape index (κ3) is 3.34. The second kappa shape index (κ2) is 5.65. The van der Waals surface area contributed by atoms with Gasteiger partial charge in [0.2, 0.25) is 0 Å². The first kappa shape index (κ1) is 12.7. The maximum atomic E-state index is 10.8. The minimum atomic E-state index is -0.797. The molecule has 1 heterocycles. The van der Waals surface area contributed by atoms with Gasteiger partial charge in [-0.25, -0.2) is 4.98 Å². The molecule has 16 heavy (non-hydrogen) atoms. The molecule has 90 valence electrons. The third-order valence-corrected chi connectivity index (χ3v) is 2.82. The second-order valence-corrected chi connectivity index (χ2v) is 4.01. The van der Waals surface area contributed by atoms with Gasteiger partial charge in [-0.2, -0.15) is 0 Å². The molecule has 1 N–H and O–H groups in total. The number of carboxylic acid groups (broad SMARTS) is 1. The van der Waals surface area contributed by atoms with Crippen molar-refractivity contribution < 1.29 is 9.90 Å². The maximum absolute atomic E-state index is 10.8. The van der Waals surface area contributed by atoms with Gasteiger partial charge < -0.3 is 9.67 Å². The number of imidazole rings is 1. The van der Waals surface area contributed by atoms with Crippen molar-refractivity contribution in [2.75, 3.05) is 6.54 Å². The van der Waals surface area contributed by atoms with E-state index in [-0.39, 0.29) is 12.6 Å². The standard InChI is InChI=1S/C11H19N3O2/c1-4-9(2)14(8-11(15)16)7-10-12-5-6-13(10)3/h5-6,9H,4,7-8H2,1-3H3,(H,15,16). The van der Waals surface area contributed by atoms with Gasteiger partial charge in [-0.3, -0.25) is 9.69 Å². The van der Waals surface area contributed by atoms with Gasteiger partial charge in [0, 0.05) is 25.5 Å². The van der Waals surface area contributed by atoms with Gasteiger partial charge in [0.15, 0.2) is 0 Å². The zero-order valence-corrected chi connectivity index (χ0v) is 10.1. The van der Waals surface area contributed by atoms with Crippen LogP contribution in [-0.4, -0.2) is 38.1 Å². The fraction of sp³-hybridized carbons (Fsp3) is 0.636. The topological polar surface area (TPSA) is 58.4 Å². The number of nitrogens with zero attached hydrogens (tertiary/aromatic N) is 3. The Bertz CT molecular complexity index is 349. The first-order valence-electron chi connectivity index (χ1n) is 5.46. The number of carboxylic acids is 1. The van der Waals surface area contributed by atoms with Crippen molar-refractivity contribution in [2.45, 2.75) is 32.9 Å². The molecular weight excluding hydrogens is 206 g/mol. The monoisotopic (exact) mass is 225 g/mol. The third-order valence-electron chi connectivity index (χ3n) is 2.82. The van der Waals surface area contributed by atoms with Crippen molar-refractivity contribution in [3.8, 4) is 0 Å². The molecule has 1 unspecified atom stereocenters. The molecule has 0 aliphatic heterocycles. The van der Waals surface area contributed by atoms with E-state index in [4.69, 9.17) is 5.11 Å². The summed E-state index contributed by atoms with van der Waals surface area (Å²) in [7, 11) is 1.91. The average Bonchev–Trinajstić information content (AvgIpc) is 2.61. The fourth-order valence-electron chi connectivity index (χ4n) is 1.53. The molecule has 0 bridgehead atoms. The van der Waals surface area contributed by atoms with Crippen molar-refractivity contribution in [1.82, 2.24) is 14.5 Å². The number of aryl methyl sites for hydroxylation is 1. The highest BCUT2D eigenvalue weighted by molar-refractivity contribution is 5.69. The highest BCUT2D eigenvalue weighted by Gasteiger charge is 2.17. The molecule has 5 nitrogen and oxygen atoms in total. The van der Waals surface area contributed by atoms with Crippen LogP contribution in [-0.2, 0) is 18.4 Å². The summed E-state index contributed by atoms with van der Waals surface area (Å²) in [6, 6.07) is 0.243. The van der Waals surface area contributed by atoms with Crippen LogP contribution in [0.1, 0.15) is 26.1 Å². The number of carbonyl (C=O) groups is 1. The quantitative estimate of drug-likeness (QED) is 0.787. The summed E-state index contributed by atoms with van der Waals surface area (Å²) in [5.41, 5.74) is 0. The number of hydrogen-bond acceptors (Lipinski definition) is 3. The van der Waals surface area contributed by atoms with E-state index in [0.29, 0.717) is 6.54 Å². The SMILES string of the molecule is CCC(C)N(CC(=O)O)Cc1nccn1C. The Balaban J connectivity index is 2.70. The lowest BCUT2D eigenvalue weighted by Crippen LogP contribution is -2.37. The Labute approximate surface area is 95.7 Å². The highest BCUT2D eigenvalue weighted by atomic mass is 16.4. The van der Waals surface area contributed by atoms with Gasteiger partial charge in [0.25, 0.3) is 0 Å². The minimum Gasteiger partial charge on any atom is -0.480 e. The van der Waals surface area contributed by atoms with Crippen LogP contribution in [0.5, 0.6) is 0 Å². The predicted octanol–water partition coefficient (Wildman–Crippen LogP) is 1.11. The van der Waals surface area contributed by atoms with Crippen molar-refractivity contribution in [3.63, 3.8) is 0 Å². The van der Waals surface area contributed by atoms with E-state index in [1.807, 2.05) is 29.6 Å². The summed E-state index contributed by atoms with van der Waals surface area (Å²) < 4.78 is 1.91. The Morgan fingerprint density at radius 1 is 1.69 bits per heavy atom. The van der Waals surface area contributed by atoms with Gasteiger partial charge in [-0.1, -0.05) is 6.92 Å². The molecule has 0 fully saturated rings. The van der Waals surface area contributed by atoms with E-state index in [0.717, 1.165) is 12.2 Å². The molecule has 0 saturated heterocycles. The summed E-state index contributed by atoms with van der Waals surface area (Å²) in [6.45, 7) is 4.72. The molecule has 1 rings (SSSR count). The molecule has 0 aliphatic carbocycles. The van der Waals surface area contributed by atoms with Crippen LogP contribution in [0.25, 0.3) is 0 Å². The first-order chi connectivity index (χ1) is 7.54. The average molecular weight is 225 g/mol. The Morgan fingerprint density at radius 3 is 2.81 bits per heavy atom. The zero-order chi connectivity index (χ0) is 12.1. The van der Waals surface area contributed by atoms with Crippen LogP contribution in [0, 0.1) is 0 Å². The van der Waals surface area contributed by atoms with Crippen molar-refractivity contribution in [2.24, 2.45) is 7.05 Å². The van der Waals surface area contributed by atoms with Crippen molar-refractivity contribution in [1.29, 1.82) is 0 Å². The summed E-state index contributed by atoms with van der Waals surface area (Å²) in [5.74, 6) is 0.0936. The number of aromatic nitrogens is 2. The van der Waals surface area contributed by atoms with E-state index in [9.17, 15) is 4.79 Å². The van der Waals surface area contributed by atoms with Crippen LogP contribution in [0.2, 0.25) is 0 Å². The minimum absolute atomic E-state index is 0.0574. The smallest absolute Gasteiger partial charge is 0.317 e. The molecule has 0 saturated carbocycles. The Morgan fingerprint density at radius 2 is 2.38 bits per heavy atom. The molecule has 5 heteroatoms. The highest BCUT2D eigenvalue weighted by Crippen LogP contribution is 2.08. The van der Waals surface area contributed by atoms with E-state index in [2.05, 4.69) is 11.9 Å². The van der Waals surface area contributed by atoms with E-state index < -0.39 is 5.97 Å². The van der Waals surface area contributed by atoms with Gasteiger partial charge in [0.1, 0.15) is 5.82 Å². The van der Waals surface area contributed by atoms with E-state index in [1.165, 1.54) is 0 Å². The van der Waals surface area contributed by atoms with E-state index >= 15 is 0 Å². The molecule has 0 radical (unpaired) electrons. The molecule has 0 aromatic carbocycles. The molecular formula is C11H19N3O2. The number of rotatable bonds is 6. The van der Waals surface area contributed by atoms with E-state index in [1.54, 1.807) is 6.20 Å². The largest absolute Gasteiger partial charge is 0.480 e. The molecule has 0 spiro atoms. The maximum Gasteiger partial charge on any atom is 0.317 e. The lowest BCUT2D eigenvalue weighted by molar-refractivity contribution is -0.139. The fourth-order valence-corrected chi connectivity index (χ4v) is 1.53. The van der Waals surface area contributed by atoms with Crippen LogP contribution in [0.4, 0.5) is 0 Å². The molecule has 0 amide bonds. The Hall–Kier alpha value is -1.36. The molecule has 1 aromatic rings. The summed E-state index contributed by atoms with van der Waals surface area (Å²) in [5, 5.41) is 8.86. The number of hydrogen-bond donors (Lipinski definition) is 1. The molecule has 1 atom stereocenters. The zero-order valence-electron chi connectivity index (χ0n) is 10.1. The summed E-state index contributed by atoms with van der Waals surface area (Å²) >= 11 is 0. The van der Waals surface area contributed by atoms with Crippen LogP contribution in [0.15, 0.2) is 12.4 Å². The van der Waals surface area contributed by atoms with Crippen LogP contribution >= 0.6 is 0 Å². The van der Waals surface area contributed by atoms with Crippen LogP contribution in [0.3, 0.4) is 0 Å². The number of aliphatic carboxylic acids is 1. The lowest BCUT2D eigenvalue weighted by Gasteiger charge is -2.26. The summed E-state index contributed by atoms with van der Waals surface area (Å²) in [6.07, 6.45) is 4.52. The van der Waals surface area contributed by atoms with Crippen molar-refractivity contribution in [3.05, 3.63) is 18.2 Å². The normalized spacial score (nSPS) is 13.0. The first-order valence-corrected chi connectivity index (χ1v) is 5.46. The van der Waals surface area contributed by atoms with Crippen molar-refractivity contribution >= 4 is 5.97 Å². The van der Waals surface area contributed by atoms with Gasteiger partial charge >= 0.3 is 5.97 Å². The van der Waals surface area contributed by atoms with Gasteiger partial charge in [0.05, 0.1) is 13.1 Å². The Kier molecular flexibility index (Phi) is 4.49. The predicted molar refractivity (Wildman–Crippen MR) is 61.0 cm³/mol.